The van der Waals surface area contributed by atoms with Gasteiger partial charge < -0.3 is 14.6 Å². The Balaban J connectivity index is 2.60. The van der Waals surface area contributed by atoms with E-state index in [9.17, 15) is 19.6 Å². The molecule has 0 bridgehead atoms. The number of nitro benzene ring substituents is 1. The van der Waals surface area contributed by atoms with Crippen molar-refractivity contribution in [3.8, 4) is 5.75 Å². The van der Waals surface area contributed by atoms with Crippen molar-refractivity contribution in [1.29, 1.82) is 0 Å². The Kier molecular flexibility index (Phi) is 5.65. The summed E-state index contributed by atoms with van der Waals surface area (Å²) in [4.78, 5) is 9.96. The summed E-state index contributed by atoms with van der Waals surface area (Å²) >= 11 is 0. The Morgan fingerprint density at radius 3 is 2.68 bits per heavy atom. The van der Waals surface area contributed by atoms with Gasteiger partial charge in [-0.15, -0.1) is 0 Å². The molecule has 0 aliphatic carbocycles. The van der Waals surface area contributed by atoms with E-state index < -0.39 is 22.5 Å². The van der Waals surface area contributed by atoms with Crippen LogP contribution in [0.1, 0.15) is 13.8 Å². The molecular formula is C12H16FNO5. The second-order valence-electron chi connectivity index (χ2n) is 4.22. The van der Waals surface area contributed by atoms with Crippen LogP contribution < -0.4 is 4.74 Å². The Hall–Kier alpha value is -1.73. The van der Waals surface area contributed by atoms with Gasteiger partial charge in [-0.3, -0.25) is 10.1 Å². The van der Waals surface area contributed by atoms with Gasteiger partial charge in [0.1, 0.15) is 18.5 Å². The highest BCUT2D eigenvalue weighted by Crippen LogP contribution is 2.27. The van der Waals surface area contributed by atoms with Crippen LogP contribution in [0.5, 0.6) is 5.75 Å². The standard InChI is InChI=1S/C12H16FNO5/c1-8(2)18-6-10(15)7-19-12-4-3-9(13)5-11(12)14(16)17/h3-5,8,10,15H,6-7H2,1-2H3. The number of ether oxygens (including phenoxy) is 2. The minimum atomic E-state index is -0.910. The van der Waals surface area contributed by atoms with Gasteiger partial charge in [0.05, 0.1) is 23.7 Å². The van der Waals surface area contributed by atoms with E-state index in [1.807, 2.05) is 13.8 Å². The fraction of sp³-hybridized carbons (Fsp3) is 0.500. The molecule has 1 unspecified atom stereocenters. The Morgan fingerprint density at radius 1 is 1.42 bits per heavy atom. The summed E-state index contributed by atoms with van der Waals surface area (Å²) in [6.45, 7) is 3.53. The van der Waals surface area contributed by atoms with Gasteiger partial charge in [0, 0.05) is 0 Å². The van der Waals surface area contributed by atoms with Crippen LogP contribution in [0.4, 0.5) is 10.1 Å². The van der Waals surface area contributed by atoms with Crippen molar-refractivity contribution in [2.24, 2.45) is 0 Å². The van der Waals surface area contributed by atoms with Gasteiger partial charge in [0.25, 0.3) is 0 Å². The van der Waals surface area contributed by atoms with Crippen LogP contribution in [-0.4, -0.2) is 35.5 Å². The number of nitro groups is 1. The van der Waals surface area contributed by atoms with E-state index in [1.165, 1.54) is 0 Å². The van der Waals surface area contributed by atoms with E-state index in [0.717, 1.165) is 18.2 Å². The molecule has 0 aliphatic heterocycles. The Morgan fingerprint density at radius 2 is 2.11 bits per heavy atom. The van der Waals surface area contributed by atoms with Crippen LogP contribution in [0.2, 0.25) is 0 Å². The molecular weight excluding hydrogens is 257 g/mol. The molecule has 19 heavy (non-hydrogen) atoms. The Labute approximate surface area is 109 Å². The zero-order chi connectivity index (χ0) is 14.4. The van der Waals surface area contributed by atoms with Gasteiger partial charge >= 0.3 is 5.69 Å². The van der Waals surface area contributed by atoms with Gasteiger partial charge in [-0.2, -0.15) is 0 Å². The predicted molar refractivity (Wildman–Crippen MR) is 65.6 cm³/mol. The van der Waals surface area contributed by atoms with Gasteiger partial charge in [0.2, 0.25) is 0 Å². The SMILES string of the molecule is CC(C)OCC(O)COc1ccc(F)cc1[N+](=O)[O-]. The van der Waals surface area contributed by atoms with Crippen molar-refractivity contribution in [1.82, 2.24) is 0 Å². The normalized spacial score (nSPS) is 12.5. The minimum Gasteiger partial charge on any atom is -0.484 e. The molecule has 0 heterocycles. The van der Waals surface area contributed by atoms with Gasteiger partial charge in [-0.05, 0) is 26.0 Å². The number of rotatable bonds is 7. The minimum absolute atomic E-state index is 0.0326. The second kappa shape index (κ2) is 7.01. The summed E-state index contributed by atoms with van der Waals surface area (Å²) in [6, 6.07) is 2.98. The van der Waals surface area contributed by atoms with E-state index in [4.69, 9.17) is 9.47 Å². The molecule has 106 valence electrons. The molecule has 1 rings (SSSR count). The third-order valence-electron chi connectivity index (χ3n) is 2.17. The first-order chi connectivity index (χ1) is 8.90. The zero-order valence-electron chi connectivity index (χ0n) is 10.7. The van der Waals surface area contributed by atoms with Crippen LogP contribution in [0.25, 0.3) is 0 Å². The van der Waals surface area contributed by atoms with Crippen molar-refractivity contribution in [2.75, 3.05) is 13.2 Å². The number of aliphatic hydroxyl groups excluding tert-OH is 1. The van der Waals surface area contributed by atoms with Crippen LogP contribution in [0, 0.1) is 15.9 Å². The fourth-order valence-corrected chi connectivity index (χ4v) is 1.29. The van der Waals surface area contributed by atoms with E-state index in [2.05, 4.69) is 0 Å². The van der Waals surface area contributed by atoms with Crippen LogP contribution >= 0.6 is 0 Å². The van der Waals surface area contributed by atoms with E-state index in [0.29, 0.717) is 0 Å². The number of aliphatic hydroxyl groups is 1. The maximum atomic E-state index is 12.9. The van der Waals surface area contributed by atoms with Gasteiger partial charge in [0.15, 0.2) is 5.75 Å². The summed E-state index contributed by atoms with van der Waals surface area (Å²) in [5.74, 6) is -0.808. The summed E-state index contributed by atoms with van der Waals surface area (Å²) in [5.41, 5.74) is -0.475. The monoisotopic (exact) mass is 273 g/mol. The highest BCUT2D eigenvalue weighted by molar-refractivity contribution is 5.46. The summed E-state index contributed by atoms with van der Waals surface area (Å²) < 4.78 is 23.2. The average molecular weight is 273 g/mol. The third-order valence-corrected chi connectivity index (χ3v) is 2.17. The molecule has 0 aromatic heterocycles. The third kappa shape index (κ3) is 5.19. The molecule has 0 amide bonds. The summed E-state index contributed by atoms with van der Waals surface area (Å²) in [6.07, 6.45) is -0.943. The van der Waals surface area contributed by atoms with Crippen LogP contribution in [-0.2, 0) is 4.74 Å². The quantitative estimate of drug-likeness (QED) is 0.606. The van der Waals surface area contributed by atoms with Crippen molar-refractivity contribution in [2.45, 2.75) is 26.1 Å². The van der Waals surface area contributed by atoms with Gasteiger partial charge in [-0.25, -0.2) is 4.39 Å². The molecule has 0 saturated carbocycles. The molecule has 0 radical (unpaired) electrons. The average Bonchev–Trinajstić information content (AvgIpc) is 2.34. The molecule has 1 N–H and O–H groups in total. The van der Waals surface area contributed by atoms with Gasteiger partial charge in [-0.1, -0.05) is 0 Å². The molecule has 0 saturated heterocycles. The van der Waals surface area contributed by atoms with Crippen molar-refractivity contribution >= 4 is 5.69 Å². The van der Waals surface area contributed by atoms with Crippen molar-refractivity contribution in [3.05, 3.63) is 34.1 Å². The first-order valence-electron chi connectivity index (χ1n) is 5.76. The summed E-state index contributed by atoms with van der Waals surface area (Å²) in [7, 11) is 0. The molecule has 0 fully saturated rings. The van der Waals surface area contributed by atoms with E-state index in [-0.39, 0.29) is 25.1 Å². The number of hydrogen-bond acceptors (Lipinski definition) is 5. The highest BCUT2D eigenvalue weighted by atomic mass is 19.1. The highest BCUT2D eigenvalue weighted by Gasteiger charge is 2.17. The second-order valence-corrected chi connectivity index (χ2v) is 4.22. The topological polar surface area (TPSA) is 81.8 Å². The maximum Gasteiger partial charge on any atom is 0.313 e. The predicted octanol–water partition coefficient (Wildman–Crippen LogP) is 1.90. The van der Waals surface area contributed by atoms with Crippen LogP contribution in [0.15, 0.2) is 18.2 Å². The zero-order valence-corrected chi connectivity index (χ0v) is 10.7. The summed E-state index contributed by atoms with van der Waals surface area (Å²) in [5, 5.41) is 20.3. The smallest absolute Gasteiger partial charge is 0.313 e. The lowest BCUT2D eigenvalue weighted by atomic mass is 10.3. The molecule has 0 spiro atoms. The lowest BCUT2D eigenvalue weighted by molar-refractivity contribution is -0.386. The number of hydrogen-bond donors (Lipinski definition) is 1. The fourth-order valence-electron chi connectivity index (χ4n) is 1.29. The number of nitrogens with zero attached hydrogens (tertiary/aromatic N) is 1. The van der Waals surface area contributed by atoms with Crippen LogP contribution in [0.3, 0.4) is 0 Å². The lowest BCUT2D eigenvalue weighted by Gasteiger charge is -2.14. The lowest BCUT2D eigenvalue weighted by Crippen LogP contribution is -2.25. The first kappa shape index (κ1) is 15.3. The van der Waals surface area contributed by atoms with Crippen molar-refractivity contribution in [3.63, 3.8) is 0 Å². The molecule has 0 aliphatic rings. The molecule has 7 heteroatoms. The number of halogens is 1. The molecule has 1 atom stereocenters. The largest absolute Gasteiger partial charge is 0.484 e. The molecule has 1 aromatic rings. The van der Waals surface area contributed by atoms with Crippen molar-refractivity contribution < 1.29 is 23.9 Å². The maximum absolute atomic E-state index is 12.9. The number of benzene rings is 1. The molecule has 1 aromatic carbocycles. The molecule has 6 nitrogen and oxygen atoms in total. The van der Waals surface area contributed by atoms with E-state index in [1.54, 1.807) is 0 Å². The first-order valence-corrected chi connectivity index (χ1v) is 5.76. The Bertz CT molecular complexity index is 438. The van der Waals surface area contributed by atoms with E-state index >= 15 is 0 Å².